The fraction of sp³-hybridized carbons (Fsp3) is 0.250. The highest BCUT2D eigenvalue weighted by atomic mass is 16.5. The maximum atomic E-state index is 8.93. The summed E-state index contributed by atoms with van der Waals surface area (Å²) < 4.78 is 18.2. The third kappa shape index (κ3) is 4.32. The van der Waals surface area contributed by atoms with Gasteiger partial charge < -0.3 is 25.3 Å². The molecular formula is C20H22N6O3. The van der Waals surface area contributed by atoms with Gasteiger partial charge in [-0.2, -0.15) is 14.9 Å². The van der Waals surface area contributed by atoms with Crippen LogP contribution in [0, 0.1) is 11.3 Å². The average molecular weight is 394 g/mol. The standard InChI is InChI=1S/C20H22N6O3/c1-12(2)29-18-16(27-3)9-14(10-17(18)28-4)23-20-24-19(22)26(25-20)15-7-5-13(11-21)6-8-15/h5-10,12H,1-4H3,(H3,22,23,24,25). The minimum atomic E-state index is -0.0406. The van der Waals surface area contributed by atoms with Crippen LogP contribution >= 0.6 is 0 Å². The van der Waals surface area contributed by atoms with Crippen LogP contribution in [0.15, 0.2) is 36.4 Å². The molecule has 1 heterocycles. The van der Waals surface area contributed by atoms with E-state index < -0.39 is 0 Å². The van der Waals surface area contributed by atoms with Crippen LogP contribution in [0.25, 0.3) is 5.69 Å². The number of benzene rings is 2. The van der Waals surface area contributed by atoms with Crippen LogP contribution in [-0.4, -0.2) is 35.1 Å². The van der Waals surface area contributed by atoms with Crippen molar-refractivity contribution >= 4 is 17.6 Å². The zero-order chi connectivity index (χ0) is 21.0. The quantitative estimate of drug-likeness (QED) is 0.626. The zero-order valence-corrected chi connectivity index (χ0v) is 16.6. The van der Waals surface area contributed by atoms with E-state index in [1.165, 1.54) is 4.68 Å². The smallest absolute Gasteiger partial charge is 0.248 e. The summed E-state index contributed by atoms with van der Waals surface area (Å²) in [5.74, 6) is 2.05. The van der Waals surface area contributed by atoms with Gasteiger partial charge in [-0.1, -0.05) is 0 Å². The number of nitrogen functional groups attached to an aromatic ring is 1. The average Bonchev–Trinajstić information content (AvgIpc) is 3.08. The van der Waals surface area contributed by atoms with Crippen molar-refractivity contribution in [2.45, 2.75) is 20.0 Å². The van der Waals surface area contributed by atoms with Crippen LogP contribution in [0.5, 0.6) is 17.2 Å². The predicted octanol–water partition coefficient (Wildman–Crippen LogP) is 3.27. The fourth-order valence-electron chi connectivity index (χ4n) is 2.68. The van der Waals surface area contributed by atoms with Gasteiger partial charge in [-0.25, -0.2) is 0 Å². The molecule has 0 unspecified atom stereocenters. The molecular weight excluding hydrogens is 372 g/mol. The molecule has 0 spiro atoms. The van der Waals surface area contributed by atoms with Gasteiger partial charge in [-0.05, 0) is 38.1 Å². The molecule has 0 radical (unpaired) electrons. The monoisotopic (exact) mass is 394 g/mol. The van der Waals surface area contributed by atoms with E-state index >= 15 is 0 Å². The van der Waals surface area contributed by atoms with Crippen LogP contribution < -0.4 is 25.3 Å². The molecule has 0 bridgehead atoms. The summed E-state index contributed by atoms with van der Waals surface area (Å²) in [6, 6.07) is 12.5. The van der Waals surface area contributed by atoms with E-state index in [4.69, 9.17) is 25.2 Å². The van der Waals surface area contributed by atoms with Crippen molar-refractivity contribution in [2.75, 3.05) is 25.3 Å². The van der Waals surface area contributed by atoms with Crippen molar-refractivity contribution in [2.24, 2.45) is 0 Å². The van der Waals surface area contributed by atoms with Gasteiger partial charge in [0.15, 0.2) is 11.5 Å². The summed E-state index contributed by atoms with van der Waals surface area (Å²) in [7, 11) is 3.11. The molecule has 0 amide bonds. The Morgan fingerprint density at radius 2 is 1.72 bits per heavy atom. The van der Waals surface area contributed by atoms with Gasteiger partial charge in [0, 0.05) is 17.8 Å². The second-order valence-corrected chi connectivity index (χ2v) is 6.37. The van der Waals surface area contributed by atoms with Gasteiger partial charge in [-0.3, -0.25) is 0 Å². The number of methoxy groups -OCH3 is 2. The lowest BCUT2D eigenvalue weighted by Crippen LogP contribution is -2.08. The third-order valence-corrected chi connectivity index (χ3v) is 3.94. The molecule has 1 aromatic heterocycles. The first kappa shape index (κ1) is 19.8. The molecule has 0 atom stereocenters. The number of ether oxygens (including phenoxy) is 3. The van der Waals surface area contributed by atoms with Gasteiger partial charge in [0.05, 0.1) is 37.6 Å². The Labute approximate surface area is 168 Å². The predicted molar refractivity (Wildman–Crippen MR) is 109 cm³/mol. The Bertz CT molecular complexity index is 1010. The van der Waals surface area contributed by atoms with Crippen molar-refractivity contribution in [3.05, 3.63) is 42.0 Å². The van der Waals surface area contributed by atoms with Crippen LogP contribution in [0.2, 0.25) is 0 Å². The van der Waals surface area contributed by atoms with Crippen molar-refractivity contribution < 1.29 is 14.2 Å². The summed E-state index contributed by atoms with van der Waals surface area (Å²) in [6.45, 7) is 3.85. The van der Waals surface area contributed by atoms with Crippen molar-refractivity contribution in [1.29, 1.82) is 5.26 Å². The Balaban J connectivity index is 1.91. The number of aromatic nitrogens is 3. The molecule has 2 aromatic carbocycles. The number of rotatable bonds is 7. The van der Waals surface area contributed by atoms with E-state index in [2.05, 4.69) is 21.5 Å². The van der Waals surface area contributed by atoms with E-state index in [9.17, 15) is 0 Å². The third-order valence-electron chi connectivity index (χ3n) is 3.94. The Hall–Kier alpha value is -3.93. The maximum Gasteiger partial charge on any atom is 0.248 e. The normalized spacial score (nSPS) is 10.5. The molecule has 0 aliphatic carbocycles. The Kier molecular flexibility index (Phi) is 5.74. The van der Waals surface area contributed by atoms with Crippen LogP contribution in [0.3, 0.4) is 0 Å². The van der Waals surface area contributed by atoms with Gasteiger partial charge in [0.1, 0.15) is 0 Å². The van der Waals surface area contributed by atoms with E-state index in [1.54, 1.807) is 50.6 Å². The summed E-state index contributed by atoms with van der Waals surface area (Å²) in [6.07, 6.45) is -0.0406. The van der Waals surface area contributed by atoms with Crippen LogP contribution in [0.1, 0.15) is 19.4 Å². The molecule has 3 rings (SSSR count). The number of nitrogens with zero attached hydrogens (tertiary/aromatic N) is 4. The highest BCUT2D eigenvalue weighted by molar-refractivity contribution is 5.66. The number of hydrogen-bond donors (Lipinski definition) is 2. The zero-order valence-electron chi connectivity index (χ0n) is 16.6. The second-order valence-electron chi connectivity index (χ2n) is 6.37. The highest BCUT2D eigenvalue weighted by Gasteiger charge is 2.17. The first-order chi connectivity index (χ1) is 13.9. The van der Waals surface area contributed by atoms with Gasteiger partial charge in [0.25, 0.3) is 0 Å². The minimum Gasteiger partial charge on any atom is -0.493 e. The highest BCUT2D eigenvalue weighted by Crippen LogP contribution is 2.41. The molecule has 0 aliphatic rings. The fourth-order valence-corrected chi connectivity index (χ4v) is 2.68. The topological polar surface area (TPSA) is 120 Å². The largest absolute Gasteiger partial charge is 0.493 e. The van der Waals surface area contributed by atoms with Gasteiger partial charge in [0.2, 0.25) is 17.6 Å². The Morgan fingerprint density at radius 1 is 1.10 bits per heavy atom. The first-order valence-electron chi connectivity index (χ1n) is 8.88. The number of anilines is 3. The summed E-state index contributed by atoms with van der Waals surface area (Å²) in [5.41, 5.74) is 7.89. The van der Waals surface area contributed by atoms with Crippen molar-refractivity contribution in [3.63, 3.8) is 0 Å². The lowest BCUT2D eigenvalue weighted by atomic mass is 10.2. The molecule has 0 saturated heterocycles. The molecule has 9 heteroatoms. The number of nitrogens with one attached hydrogen (secondary N) is 1. The van der Waals surface area contributed by atoms with E-state index in [-0.39, 0.29) is 12.1 Å². The van der Waals surface area contributed by atoms with E-state index in [0.717, 1.165) is 0 Å². The summed E-state index contributed by atoms with van der Waals surface area (Å²) in [4.78, 5) is 4.25. The second kappa shape index (κ2) is 8.39. The number of nitriles is 1. The lowest BCUT2D eigenvalue weighted by Gasteiger charge is -2.18. The summed E-state index contributed by atoms with van der Waals surface area (Å²) in [5, 5.41) is 16.4. The van der Waals surface area contributed by atoms with E-state index in [0.29, 0.717) is 40.1 Å². The molecule has 0 fully saturated rings. The maximum absolute atomic E-state index is 8.93. The van der Waals surface area contributed by atoms with E-state index in [1.807, 2.05) is 13.8 Å². The Morgan fingerprint density at radius 3 is 2.24 bits per heavy atom. The van der Waals surface area contributed by atoms with Crippen LogP contribution in [0.4, 0.5) is 17.6 Å². The van der Waals surface area contributed by atoms with Crippen LogP contribution in [-0.2, 0) is 0 Å². The first-order valence-corrected chi connectivity index (χ1v) is 8.88. The minimum absolute atomic E-state index is 0.0406. The molecule has 3 aromatic rings. The molecule has 29 heavy (non-hydrogen) atoms. The SMILES string of the molecule is COc1cc(Nc2nc(N)n(-c3ccc(C#N)cc3)n2)cc(OC)c1OC(C)C. The molecule has 0 saturated carbocycles. The lowest BCUT2D eigenvalue weighted by molar-refractivity contribution is 0.218. The number of hydrogen-bond acceptors (Lipinski definition) is 8. The molecule has 150 valence electrons. The molecule has 0 aliphatic heterocycles. The van der Waals surface area contributed by atoms with Crippen molar-refractivity contribution in [3.8, 4) is 29.0 Å². The number of nitrogens with two attached hydrogens (primary N) is 1. The molecule has 3 N–H and O–H groups in total. The summed E-state index contributed by atoms with van der Waals surface area (Å²) >= 11 is 0. The van der Waals surface area contributed by atoms with Crippen molar-refractivity contribution in [1.82, 2.24) is 14.8 Å². The van der Waals surface area contributed by atoms with Gasteiger partial charge >= 0.3 is 0 Å². The molecule has 9 nitrogen and oxygen atoms in total. The van der Waals surface area contributed by atoms with Gasteiger partial charge in [-0.15, -0.1) is 5.10 Å².